The van der Waals surface area contributed by atoms with E-state index in [1.165, 1.54) is 44.9 Å². The average molecular weight is 779 g/mol. The number of guanidine groups is 1. The molecule has 2 rings (SSSR count). The molecule has 1 aliphatic heterocycles. The minimum absolute atomic E-state index is 0.00158. The summed E-state index contributed by atoms with van der Waals surface area (Å²) in [6.07, 6.45) is 11.0. The second-order valence-electron chi connectivity index (χ2n) is 21.1. The van der Waals surface area contributed by atoms with Gasteiger partial charge in [-0.1, -0.05) is 123 Å². The number of likely N-dealkylation sites (tertiary alicyclic amines) is 1. The number of nitrogens with zero attached hydrogens (tertiary/aromatic N) is 4. The van der Waals surface area contributed by atoms with E-state index in [1.807, 2.05) is 41.5 Å². The molecule has 1 amide bonds. The third-order valence-electron chi connectivity index (χ3n) is 9.42. The number of carbonyl (C=O) groups excluding carboxylic acids is 1. The molecule has 1 aliphatic carbocycles. The van der Waals surface area contributed by atoms with Crippen LogP contribution in [0.1, 0.15) is 176 Å². The van der Waals surface area contributed by atoms with Crippen LogP contribution in [0.4, 0.5) is 0 Å². The van der Waals surface area contributed by atoms with Crippen molar-refractivity contribution in [2.75, 3.05) is 39.3 Å². The molecule has 0 atom stereocenters. The number of amidine groups is 3. The van der Waals surface area contributed by atoms with Gasteiger partial charge in [0, 0.05) is 38.1 Å². The van der Waals surface area contributed by atoms with E-state index >= 15 is 0 Å². The summed E-state index contributed by atoms with van der Waals surface area (Å²) in [6.45, 7) is 42.9. The molecule has 2 aliphatic rings. The Morgan fingerprint density at radius 2 is 1.07 bits per heavy atom. The van der Waals surface area contributed by atoms with Gasteiger partial charge >= 0.3 is 0 Å². The van der Waals surface area contributed by atoms with Crippen molar-refractivity contribution in [1.29, 1.82) is 5.41 Å². The molecule has 10 N–H and O–H groups in total. The number of nitrogens with two attached hydrogens (primary N) is 4. The molecule has 0 bridgehead atoms. The molecule has 11 heteroatoms. The van der Waals surface area contributed by atoms with E-state index in [9.17, 15) is 4.79 Å². The molecular weight excluding hydrogens is 685 g/mol. The van der Waals surface area contributed by atoms with Crippen molar-refractivity contribution >= 4 is 29.4 Å². The van der Waals surface area contributed by atoms with E-state index < -0.39 is 0 Å². The Bertz CT molecular complexity index is 1110. The Balaban J connectivity index is -0.000000620. The predicted octanol–water partition coefficient (Wildman–Crippen LogP) is 8.99. The van der Waals surface area contributed by atoms with Crippen LogP contribution >= 0.6 is 0 Å². The predicted molar refractivity (Wildman–Crippen MR) is 244 cm³/mol. The molecule has 1 saturated heterocycles. The van der Waals surface area contributed by atoms with Crippen molar-refractivity contribution in [2.45, 2.75) is 176 Å². The number of amides is 1. The first kappa shape index (κ1) is 56.5. The quantitative estimate of drug-likeness (QED) is 0.0884. The molecule has 55 heavy (non-hydrogen) atoms. The summed E-state index contributed by atoms with van der Waals surface area (Å²) < 4.78 is 0. The molecule has 0 aromatic heterocycles. The fourth-order valence-electron chi connectivity index (χ4n) is 5.60. The monoisotopic (exact) mass is 779 g/mol. The molecule has 0 aromatic carbocycles. The molecule has 1 heterocycles. The lowest BCUT2D eigenvalue weighted by molar-refractivity contribution is -0.128. The maximum Gasteiger partial charge on any atom is 0.225 e. The number of rotatable bonds is 6. The highest BCUT2D eigenvalue weighted by atomic mass is 16.2. The van der Waals surface area contributed by atoms with E-state index in [4.69, 9.17) is 28.3 Å². The smallest absolute Gasteiger partial charge is 0.225 e. The molecular formula is C44H94N10O. The van der Waals surface area contributed by atoms with Crippen molar-refractivity contribution in [2.24, 2.45) is 76.8 Å². The second-order valence-corrected chi connectivity index (χ2v) is 21.1. The number of hydrogen-bond donors (Lipinski definition) is 6. The average Bonchev–Trinajstić information content (AvgIpc) is 3.01. The van der Waals surface area contributed by atoms with Gasteiger partial charge in [0.15, 0.2) is 5.96 Å². The van der Waals surface area contributed by atoms with E-state index in [-0.39, 0.29) is 22.7 Å². The van der Waals surface area contributed by atoms with Gasteiger partial charge in [-0.25, -0.2) is 0 Å². The van der Waals surface area contributed by atoms with Gasteiger partial charge in [0.2, 0.25) is 5.91 Å². The zero-order valence-electron chi connectivity index (χ0n) is 39.6. The van der Waals surface area contributed by atoms with Crippen LogP contribution in [0, 0.1) is 44.3 Å². The van der Waals surface area contributed by atoms with Crippen molar-refractivity contribution in [3.05, 3.63) is 0 Å². The topological polar surface area (TPSA) is 197 Å². The summed E-state index contributed by atoms with van der Waals surface area (Å²) in [5.41, 5.74) is 22.2. The summed E-state index contributed by atoms with van der Waals surface area (Å²) >= 11 is 0. The van der Waals surface area contributed by atoms with E-state index in [0.717, 1.165) is 50.3 Å². The van der Waals surface area contributed by atoms with Crippen LogP contribution in [0.25, 0.3) is 0 Å². The van der Waals surface area contributed by atoms with Crippen LogP contribution in [-0.2, 0) is 4.79 Å². The Kier molecular flexibility index (Phi) is 27.6. The van der Waals surface area contributed by atoms with Crippen molar-refractivity contribution in [1.82, 2.24) is 10.2 Å². The van der Waals surface area contributed by atoms with E-state index in [0.29, 0.717) is 41.0 Å². The Hall–Kier alpha value is -2.85. The highest BCUT2D eigenvalue weighted by Crippen LogP contribution is 2.37. The van der Waals surface area contributed by atoms with Gasteiger partial charge in [-0.05, 0) is 86.4 Å². The second kappa shape index (κ2) is 26.9. The lowest BCUT2D eigenvalue weighted by Gasteiger charge is -2.39. The van der Waals surface area contributed by atoms with Crippen LogP contribution in [0.3, 0.4) is 0 Å². The highest BCUT2D eigenvalue weighted by Gasteiger charge is 2.29. The van der Waals surface area contributed by atoms with Gasteiger partial charge in [0.1, 0.15) is 0 Å². The summed E-state index contributed by atoms with van der Waals surface area (Å²) in [5.74, 6) is 3.97. The van der Waals surface area contributed by atoms with Crippen LogP contribution < -0.4 is 28.3 Å². The van der Waals surface area contributed by atoms with Gasteiger partial charge in [0.05, 0.1) is 24.1 Å². The summed E-state index contributed by atoms with van der Waals surface area (Å²) in [7, 11) is 0. The zero-order chi connectivity index (χ0) is 43.8. The SMILES string of the molecule is CC(=N)N1CCC(C(C)(C)C)CC1.CC(C)(C)C(=O)NCCN=C(N)N.CC(C)(C)C1CCCCC1.CC(N)=NCC(C)(C)C.CC(N)=NCCC(C)(C)C. The first-order valence-corrected chi connectivity index (χ1v) is 20.9. The molecule has 0 spiro atoms. The first-order valence-electron chi connectivity index (χ1n) is 20.9. The lowest BCUT2D eigenvalue weighted by atomic mass is 9.72. The lowest BCUT2D eigenvalue weighted by Crippen LogP contribution is -2.40. The molecule has 2 fully saturated rings. The minimum atomic E-state index is -0.363. The van der Waals surface area contributed by atoms with Gasteiger partial charge in [-0.15, -0.1) is 0 Å². The van der Waals surface area contributed by atoms with Crippen molar-refractivity contribution in [3.8, 4) is 0 Å². The van der Waals surface area contributed by atoms with Crippen LogP contribution in [-0.4, -0.2) is 73.5 Å². The van der Waals surface area contributed by atoms with Gasteiger partial charge < -0.3 is 33.2 Å². The molecule has 326 valence electrons. The molecule has 0 radical (unpaired) electrons. The normalized spacial score (nSPS) is 16.4. The fourth-order valence-corrected chi connectivity index (χ4v) is 5.60. The highest BCUT2D eigenvalue weighted by molar-refractivity contribution is 5.81. The van der Waals surface area contributed by atoms with Crippen molar-refractivity contribution < 1.29 is 4.79 Å². The number of hydrogen-bond acceptors (Lipinski definition) is 5. The number of aliphatic imine (C=N–C) groups is 3. The van der Waals surface area contributed by atoms with Gasteiger partial charge in [0.25, 0.3) is 0 Å². The van der Waals surface area contributed by atoms with E-state index in [2.05, 4.69) is 108 Å². The largest absolute Gasteiger partial charge is 0.388 e. The van der Waals surface area contributed by atoms with E-state index in [1.54, 1.807) is 0 Å². The third kappa shape index (κ3) is 37.8. The van der Waals surface area contributed by atoms with Gasteiger partial charge in [-0.3, -0.25) is 25.2 Å². The number of nitrogens with one attached hydrogen (secondary N) is 2. The molecule has 1 saturated carbocycles. The summed E-state index contributed by atoms with van der Waals surface area (Å²) in [4.78, 5) is 25.4. The molecule has 0 unspecified atom stereocenters. The standard InChI is InChI=1S/C11H22N2.C10H20.C8H18N4O.C8H18N2.C7H16N2/c1-9(12)13-7-5-10(6-8-13)11(2,3)4;1-10(2,3)9-7-5-4-6-8-9;1-8(2,3)6(13)11-4-5-12-7(9)10;1-7(9)10-6-5-8(2,3)4;1-6(8)9-5-7(2,3)4/h10,12H,5-8H2,1-4H3;9H,4-8H2,1-3H3;4-5H2,1-3H3,(H,11,13)(H4,9,10,12);5-6H2,1-4H3,(H2,9,10);5H2,1-4H3,(H2,8,9). The zero-order valence-corrected chi connectivity index (χ0v) is 39.6. The Labute approximate surface area is 341 Å². The Morgan fingerprint density at radius 1 is 0.636 bits per heavy atom. The third-order valence-corrected chi connectivity index (χ3v) is 9.42. The van der Waals surface area contributed by atoms with Crippen LogP contribution in [0.5, 0.6) is 0 Å². The van der Waals surface area contributed by atoms with Crippen molar-refractivity contribution in [3.63, 3.8) is 0 Å². The minimum Gasteiger partial charge on any atom is -0.388 e. The van der Waals surface area contributed by atoms with Gasteiger partial charge in [-0.2, -0.15) is 0 Å². The molecule has 0 aromatic rings. The Morgan fingerprint density at radius 3 is 1.36 bits per heavy atom. The molecule has 11 nitrogen and oxygen atoms in total. The summed E-state index contributed by atoms with van der Waals surface area (Å²) in [6, 6.07) is 0. The van der Waals surface area contributed by atoms with Crippen LogP contribution in [0.2, 0.25) is 0 Å². The maximum atomic E-state index is 11.3. The fraction of sp³-hybridized carbons (Fsp3) is 0.886. The number of piperidine rings is 1. The maximum absolute atomic E-state index is 11.3. The first-order chi connectivity index (χ1) is 24.7. The van der Waals surface area contributed by atoms with Crippen LogP contribution in [0.15, 0.2) is 15.0 Å². The summed E-state index contributed by atoms with van der Waals surface area (Å²) in [5, 5.41) is 10.3. The number of carbonyl (C=O) groups is 1.